The maximum Gasteiger partial charge on any atom is 0.215 e. The molecule has 3 heteroatoms. The molecule has 0 aliphatic rings. The van der Waals surface area contributed by atoms with Crippen molar-refractivity contribution in [3.05, 3.63) is 34.3 Å². The highest BCUT2D eigenvalue weighted by Crippen LogP contribution is 2.07. The quantitative estimate of drug-likeness (QED) is 0.657. The zero-order valence-corrected chi connectivity index (χ0v) is 7.60. The van der Waals surface area contributed by atoms with Crippen LogP contribution in [-0.4, -0.2) is 4.98 Å². The van der Waals surface area contributed by atoms with Gasteiger partial charge in [0.25, 0.3) is 0 Å². The molecule has 1 heterocycles. The summed E-state index contributed by atoms with van der Waals surface area (Å²) < 4.78 is 12.6. The van der Waals surface area contributed by atoms with E-state index in [0.717, 1.165) is 5.56 Å². The van der Waals surface area contributed by atoms with Gasteiger partial charge in [0, 0.05) is 11.8 Å². The monoisotopic (exact) mass is 215 g/mol. The molecule has 0 spiro atoms. The minimum Gasteiger partial charge on any atom is -0.227 e. The highest BCUT2D eigenvalue weighted by molar-refractivity contribution is 9.11. The summed E-state index contributed by atoms with van der Waals surface area (Å²) in [7, 11) is 0. The summed E-state index contributed by atoms with van der Waals surface area (Å²) in [6.45, 7) is 1.69. The van der Waals surface area contributed by atoms with Crippen LogP contribution < -0.4 is 0 Å². The normalized spacial score (nSPS) is 10.8. The molecule has 0 radical (unpaired) electrons. The zero-order valence-electron chi connectivity index (χ0n) is 6.01. The first-order valence-electron chi connectivity index (χ1n) is 3.13. The van der Waals surface area contributed by atoms with E-state index in [1.165, 1.54) is 6.20 Å². The van der Waals surface area contributed by atoms with Crippen molar-refractivity contribution in [3.8, 4) is 0 Å². The Labute approximate surface area is 73.1 Å². The van der Waals surface area contributed by atoms with Crippen LogP contribution in [0.1, 0.15) is 11.1 Å². The van der Waals surface area contributed by atoms with Gasteiger partial charge in [0.1, 0.15) is 0 Å². The van der Waals surface area contributed by atoms with Crippen molar-refractivity contribution in [2.75, 3.05) is 0 Å². The second-order valence-corrected chi connectivity index (χ2v) is 2.70. The number of aryl methyl sites for hydroxylation is 1. The topological polar surface area (TPSA) is 12.9 Å². The molecule has 1 nitrogen and oxygen atoms in total. The number of pyridine rings is 1. The van der Waals surface area contributed by atoms with E-state index in [2.05, 4.69) is 20.9 Å². The van der Waals surface area contributed by atoms with Crippen LogP contribution in [0, 0.1) is 12.9 Å². The highest BCUT2D eigenvalue weighted by atomic mass is 79.9. The number of hydrogen-bond donors (Lipinski definition) is 0. The Morgan fingerprint density at radius 2 is 2.36 bits per heavy atom. The molecule has 1 rings (SSSR count). The number of nitrogens with zero attached hydrogens (tertiary/aromatic N) is 1. The lowest BCUT2D eigenvalue weighted by atomic mass is 10.2. The van der Waals surface area contributed by atoms with Crippen molar-refractivity contribution in [3.63, 3.8) is 0 Å². The van der Waals surface area contributed by atoms with E-state index < -0.39 is 5.95 Å². The molecule has 0 bridgehead atoms. The molecule has 0 fully saturated rings. The van der Waals surface area contributed by atoms with Crippen molar-refractivity contribution >= 4 is 22.0 Å². The van der Waals surface area contributed by atoms with Gasteiger partial charge < -0.3 is 0 Å². The van der Waals surface area contributed by atoms with Crippen LogP contribution in [-0.2, 0) is 0 Å². The number of rotatable bonds is 1. The Kier molecular flexibility index (Phi) is 2.76. The fourth-order valence-electron chi connectivity index (χ4n) is 0.744. The second-order valence-electron chi connectivity index (χ2n) is 2.17. The first-order chi connectivity index (χ1) is 5.24. The summed E-state index contributed by atoms with van der Waals surface area (Å²) in [5.74, 6) is -0.406. The van der Waals surface area contributed by atoms with Crippen molar-refractivity contribution in [2.45, 2.75) is 6.92 Å². The molecule has 0 amide bonds. The third-order valence-electron chi connectivity index (χ3n) is 1.29. The molecule has 0 N–H and O–H groups in total. The van der Waals surface area contributed by atoms with E-state index in [0.29, 0.717) is 5.56 Å². The van der Waals surface area contributed by atoms with Crippen LogP contribution in [0.15, 0.2) is 17.2 Å². The Bertz CT molecular complexity index is 283. The maximum atomic E-state index is 12.6. The minimum absolute atomic E-state index is 0.406. The second kappa shape index (κ2) is 3.62. The molecule has 0 aliphatic heterocycles. The third-order valence-corrected chi connectivity index (χ3v) is 1.56. The van der Waals surface area contributed by atoms with Crippen molar-refractivity contribution in [1.29, 1.82) is 0 Å². The standard InChI is InChI=1S/C8H7BrFN/c1-6-4-7(2-3-9)5-11-8(6)10/h2-5H,1H3/b3-2+. The lowest BCUT2D eigenvalue weighted by Gasteiger charge is -1.95. The molecule has 0 unspecified atom stereocenters. The van der Waals surface area contributed by atoms with E-state index in [4.69, 9.17) is 0 Å². The van der Waals surface area contributed by atoms with Gasteiger partial charge in [-0.25, -0.2) is 4.98 Å². The summed E-state index contributed by atoms with van der Waals surface area (Å²) in [4.78, 5) is 5.27. The summed E-state index contributed by atoms with van der Waals surface area (Å²) in [6, 6.07) is 1.74. The van der Waals surface area contributed by atoms with Gasteiger partial charge in [0.2, 0.25) is 5.95 Å². The van der Waals surface area contributed by atoms with E-state index in [-0.39, 0.29) is 0 Å². The Balaban J connectivity index is 3.05. The minimum atomic E-state index is -0.406. The smallest absolute Gasteiger partial charge is 0.215 e. The summed E-state index contributed by atoms with van der Waals surface area (Å²) in [6.07, 6.45) is 3.29. The van der Waals surface area contributed by atoms with Crippen molar-refractivity contribution < 1.29 is 4.39 Å². The lowest BCUT2D eigenvalue weighted by molar-refractivity contribution is 0.574. The van der Waals surface area contributed by atoms with Crippen LogP contribution in [0.2, 0.25) is 0 Å². The SMILES string of the molecule is Cc1cc(/C=C/Br)cnc1F. The fraction of sp³-hybridized carbons (Fsp3) is 0.125. The van der Waals surface area contributed by atoms with E-state index in [1.807, 2.05) is 0 Å². The summed E-state index contributed by atoms with van der Waals surface area (Å²) >= 11 is 3.13. The van der Waals surface area contributed by atoms with Gasteiger partial charge in [0.15, 0.2) is 0 Å². The average molecular weight is 216 g/mol. The summed E-state index contributed by atoms with van der Waals surface area (Å²) in [5.41, 5.74) is 1.45. The zero-order chi connectivity index (χ0) is 8.27. The number of hydrogen-bond acceptors (Lipinski definition) is 1. The van der Waals surface area contributed by atoms with Gasteiger partial charge in [-0.05, 0) is 29.6 Å². The van der Waals surface area contributed by atoms with Gasteiger partial charge in [-0.15, -0.1) is 0 Å². The van der Waals surface area contributed by atoms with Crippen molar-refractivity contribution in [1.82, 2.24) is 4.98 Å². The molecule has 1 aromatic heterocycles. The molecule has 0 saturated heterocycles. The van der Waals surface area contributed by atoms with E-state index >= 15 is 0 Å². The van der Waals surface area contributed by atoms with Crippen LogP contribution in [0.25, 0.3) is 6.08 Å². The van der Waals surface area contributed by atoms with Gasteiger partial charge >= 0.3 is 0 Å². The maximum absolute atomic E-state index is 12.6. The number of aromatic nitrogens is 1. The Morgan fingerprint density at radius 1 is 1.64 bits per heavy atom. The molecule has 11 heavy (non-hydrogen) atoms. The highest BCUT2D eigenvalue weighted by Gasteiger charge is 1.96. The first-order valence-corrected chi connectivity index (χ1v) is 4.04. The van der Waals surface area contributed by atoms with Crippen molar-refractivity contribution in [2.24, 2.45) is 0 Å². The first kappa shape index (κ1) is 8.40. The number of halogens is 2. The largest absolute Gasteiger partial charge is 0.227 e. The Morgan fingerprint density at radius 3 is 2.91 bits per heavy atom. The van der Waals surface area contributed by atoms with Crippen LogP contribution in [0.4, 0.5) is 4.39 Å². The predicted molar refractivity (Wildman–Crippen MR) is 46.9 cm³/mol. The molecular weight excluding hydrogens is 209 g/mol. The average Bonchev–Trinajstić information content (AvgIpc) is 1.98. The molecule has 0 saturated carbocycles. The van der Waals surface area contributed by atoms with Gasteiger partial charge in [0.05, 0.1) is 0 Å². The third kappa shape index (κ3) is 2.12. The lowest BCUT2D eigenvalue weighted by Crippen LogP contribution is -1.87. The van der Waals surface area contributed by atoms with Crippen LogP contribution in [0.3, 0.4) is 0 Å². The predicted octanol–water partition coefficient (Wildman–Crippen LogP) is 2.89. The molecular formula is C8H7BrFN. The van der Waals surface area contributed by atoms with Crippen LogP contribution in [0.5, 0.6) is 0 Å². The summed E-state index contributed by atoms with van der Waals surface area (Å²) in [5, 5.41) is 0. The molecule has 0 atom stereocenters. The Hall–Kier alpha value is -0.700. The van der Waals surface area contributed by atoms with Gasteiger partial charge in [-0.1, -0.05) is 15.9 Å². The molecule has 1 aromatic rings. The van der Waals surface area contributed by atoms with E-state index in [9.17, 15) is 4.39 Å². The fourth-order valence-corrected chi connectivity index (χ4v) is 1.05. The molecule has 0 aromatic carbocycles. The van der Waals surface area contributed by atoms with Gasteiger partial charge in [-0.2, -0.15) is 4.39 Å². The van der Waals surface area contributed by atoms with Crippen LogP contribution >= 0.6 is 15.9 Å². The van der Waals surface area contributed by atoms with E-state index in [1.54, 1.807) is 24.1 Å². The van der Waals surface area contributed by atoms with Gasteiger partial charge in [-0.3, -0.25) is 0 Å². The molecule has 58 valence electrons. The molecule has 0 aliphatic carbocycles.